The summed E-state index contributed by atoms with van der Waals surface area (Å²) >= 11 is 6.12. The molecule has 1 unspecified atom stereocenters. The van der Waals surface area contributed by atoms with Gasteiger partial charge in [0.15, 0.2) is 0 Å². The van der Waals surface area contributed by atoms with Crippen LogP contribution in [-0.4, -0.2) is 42.1 Å². The minimum absolute atomic E-state index is 0.00687. The molecular weight excluding hydrogens is 322 g/mol. The third-order valence-corrected chi connectivity index (χ3v) is 4.32. The van der Waals surface area contributed by atoms with Gasteiger partial charge in [0.25, 0.3) is 5.91 Å². The summed E-state index contributed by atoms with van der Waals surface area (Å²) in [6.07, 6.45) is 1.61. The van der Waals surface area contributed by atoms with Gasteiger partial charge in [0.2, 0.25) is 0 Å². The van der Waals surface area contributed by atoms with Gasteiger partial charge in [-0.15, -0.1) is 0 Å². The second kappa shape index (κ2) is 6.08. The molecule has 1 heterocycles. The van der Waals surface area contributed by atoms with Crippen molar-refractivity contribution in [2.24, 2.45) is 5.92 Å². The minimum Gasteiger partial charge on any atom is -0.480 e. The molecule has 1 saturated heterocycles. The zero-order chi connectivity index (χ0) is 16.6. The summed E-state index contributed by atoms with van der Waals surface area (Å²) in [7, 11) is 0. The molecule has 1 aliphatic carbocycles. The van der Waals surface area contributed by atoms with E-state index in [1.54, 1.807) is 0 Å². The third kappa shape index (κ3) is 3.24. The van der Waals surface area contributed by atoms with Gasteiger partial charge in [0.05, 0.1) is 10.7 Å². The summed E-state index contributed by atoms with van der Waals surface area (Å²) in [6.45, 7) is 0.970. The second-order valence-corrected chi connectivity index (χ2v) is 6.08. The van der Waals surface area contributed by atoms with Gasteiger partial charge in [-0.05, 0) is 37.0 Å². The Balaban J connectivity index is 1.81. The van der Waals surface area contributed by atoms with Crippen LogP contribution in [0.25, 0.3) is 0 Å². The summed E-state index contributed by atoms with van der Waals surface area (Å²) in [5.41, 5.74) is 0.712. The zero-order valence-electron chi connectivity index (χ0n) is 12.2. The number of nitrogens with one attached hydrogen (secondary N) is 2. The van der Waals surface area contributed by atoms with Gasteiger partial charge in [-0.25, -0.2) is 9.59 Å². The van der Waals surface area contributed by atoms with E-state index in [0.29, 0.717) is 23.8 Å². The average molecular weight is 338 g/mol. The molecule has 0 spiro atoms. The lowest BCUT2D eigenvalue weighted by atomic mass is 10.1. The summed E-state index contributed by atoms with van der Waals surface area (Å²) in [6, 6.07) is 3.40. The first-order valence-electron chi connectivity index (χ1n) is 7.36. The molecule has 1 aliphatic heterocycles. The molecule has 0 bridgehead atoms. The Morgan fingerprint density at radius 3 is 2.70 bits per heavy atom. The lowest BCUT2D eigenvalue weighted by Crippen LogP contribution is -2.42. The van der Waals surface area contributed by atoms with Crippen LogP contribution in [-0.2, 0) is 4.79 Å². The molecule has 8 heteroatoms. The van der Waals surface area contributed by atoms with E-state index in [9.17, 15) is 19.5 Å². The van der Waals surface area contributed by atoms with Gasteiger partial charge in [-0.2, -0.15) is 0 Å². The van der Waals surface area contributed by atoms with Crippen LogP contribution < -0.4 is 15.5 Å². The molecule has 2 fully saturated rings. The van der Waals surface area contributed by atoms with Crippen molar-refractivity contribution >= 4 is 35.2 Å². The number of carbonyl (C=O) groups excluding carboxylic acids is 2. The highest BCUT2D eigenvalue weighted by Gasteiger charge is 2.37. The molecule has 3 N–H and O–H groups in total. The fraction of sp³-hybridized carbons (Fsp3) is 0.400. The monoisotopic (exact) mass is 337 g/mol. The predicted octanol–water partition coefficient (Wildman–Crippen LogP) is 1.46. The summed E-state index contributed by atoms with van der Waals surface area (Å²) in [5, 5.41) is 14.8. The number of nitrogens with zero attached hydrogens (tertiary/aromatic N) is 1. The highest BCUT2D eigenvalue weighted by atomic mass is 35.5. The second-order valence-electron chi connectivity index (χ2n) is 5.68. The predicted molar refractivity (Wildman–Crippen MR) is 83.8 cm³/mol. The number of urea groups is 1. The highest BCUT2D eigenvalue weighted by molar-refractivity contribution is 6.34. The molecule has 23 heavy (non-hydrogen) atoms. The van der Waals surface area contributed by atoms with Gasteiger partial charge in [-0.3, -0.25) is 9.69 Å². The number of halogens is 1. The molecule has 1 saturated carbocycles. The van der Waals surface area contributed by atoms with Crippen molar-refractivity contribution in [2.75, 3.05) is 18.0 Å². The van der Waals surface area contributed by atoms with Crippen LogP contribution >= 0.6 is 11.6 Å². The van der Waals surface area contributed by atoms with Crippen LogP contribution in [0, 0.1) is 5.92 Å². The number of amides is 3. The maximum absolute atomic E-state index is 12.3. The Morgan fingerprint density at radius 1 is 1.39 bits per heavy atom. The number of hydrogen-bond acceptors (Lipinski definition) is 3. The maximum atomic E-state index is 12.3. The van der Waals surface area contributed by atoms with E-state index in [1.165, 1.54) is 23.1 Å². The number of carbonyl (C=O) groups is 3. The topological polar surface area (TPSA) is 98.7 Å². The molecule has 0 radical (unpaired) electrons. The summed E-state index contributed by atoms with van der Waals surface area (Å²) in [5.74, 6) is -1.52. The van der Waals surface area contributed by atoms with E-state index >= 15 is 0 Å². The zero-order valence-corrected chi connectivity index (χ0v) is 13.0. The van der Waals surface area contributed by atoms with Crippen molar-refractivity contribution < 1.29 is 19.5 Å². The smallest absolute Gasteiger partial charge is 0.326 e. The van der Waals surface area contributed by atoms with Gasteiger partial charge < -0.3 is 15.7 Å². The number of anilines is 1. The minimum atomic E-state index is -1.03. The molecular formula is C15H16ClN3O4. The lowest BCUT2D eigenvalue weighted by Gasteiger charge is -2.18. The van der Waals surface area contributed by atoms with Gasteiger partial charge in [-0.1, -0.05) is 11.6 Å². The van der Waals surface area contributed by atoms with Gasteiger partial charge in [0.1, 0.15) is 6.04 Å². The van der Waals surface area contributed by atoms with Crippen LogP contribution in [0.5, 0.6) is 0 Å². The van der Waals surface area contributed by atoms with E-state index < -0.39 is 17.9 Å². The number of carboxylic acids is 1. The molecule has 7 nitrogen and oxygen atoms in total. The molecule has 1 aromatic carbocycles. The SMILES string of the molecule is O=C(NC(C(=O)O)C1CC1)c1ccc(Cl)c(N2CCNC2=O)c1. The van der Waals surface area contributed by atoms with E-state index in [2.05, 4.69) is 10.6 Å². The molecule has 1 aromatic rings. The lowest BCUT2D eigenvalue weighted by molar-refractivity contribution is -0.139. The van der Waals surface area contributed by atoms with E-state index in [1.807, 2.05) is 0 Å². The fourth-order valence-electron chi connectivity index (χ4n) is 2.60. The highest BCUT2D eigenvalue weighted by Crippen LogP contribution is 2.33. The Labute approximate surface area is 137 Å². The Hall–Kier alpha value is -2.28. The first-order chi connectivity index (χ1) is 11.0. The van der Waals surface area contributed by atoms with Crippen LogP contribution in [0.3, 0.4) is 0 Å². The van der Waals surface area contributed by atoms with Gasteiger partial charge in [0, 0.05) is 18.7 Å². The maximum Gasteiger partial charge on any atom is 0.326 e. The standard InChI is InChI=1S/C15H16ClN3O4/c16-10-4-3-9(7-11(10)19-6-5-17-15(19)23)13(20)18-12(14(21)22)8-1-2-8/h3-4,7-8,12H,1-2,5-6H2,(H,17,23)(H,18,20)(H,21,22). The summed E-state index contributed by atoms with van der Waals surface area (Å²) in [4.78, 5) is 36.7. The largest absolute Gasteiger partial charge is 0.480 e. The number of carboxylic acid groups (broad SMARTS) is 1. The number of rotatable bonds is 5. The molecule has 3 amide bonds. The van der Waals surface area contributed by atoms with Crippen LogP contribution in [0.1, 0.15) is 23.2 Å². The molecule has 2 aliphatic rings. The van der Waals surface area contributed by atoms with Crippen molar-refractivity contribution in [3.8, 4) is 0 Å². The number of aliphatic carboxylic acids is 1. The average Bonchev–Trinajstić information content (AvgIpc) is 3.26. The first kappa shape index (κ1) is 15.6. The van der Waals surface area contributed by atoms with Crippen molar-refractivity contribution in [2.45, 2.75) is 18.9 Å². The van der Waals surface area contributed by atoms with Crippen molar-refractivity contribution in [1.29, 1.82) is 0 Å². The van der Waals surface area contributed by atoms with Crippen LogP contribution in [0.15, 0.2) is 18.2 Å². The van der Waals surface area contributed by atoms with Crippen molar-refractivity contribution in [3.63, 3.8) is 0 Å². The van der Waals surface area contributed by atoms with Crippen molar-refractivity contribution in [3.05, 3.63) is 28.8 Å². The van der Waals surface area contributed by atoms with Crippen LogP contribution in [0.2, 0.25) is 5.02 Å². The van der Waals surface area contributed by atoms with E-state index in [4.69, 9.17) is 11.6 Å². The first-order valence-corrected chi connectivity index (χ1v) is 7.74. The molecule has 3 rings (SSSR count). The molecule has 122 valence electrons. The van der Waals surface area contributed by atoms with Crippen LogP contribution in [0.4, 0.5) is 10.5 Å². The molecule has 1 atom stereocenters. The van der Waals surface area contributed by atoms with Gasteiger partial charge >= 0.3 is 12.0 Å². The number of benzene rings is 1. The normalized spacial score (nSPS) is 18.5. The third-order valence-electron chi connectivity index (χ3n) is 4.00. The Kier molecular flexibility index (Phi) is 4.12. The Bertz CT molecular complexity index is 675. The quantitative estimate of drug-likeness (QED) is 0.757. The van der Waals surface area contributed by atoms with Crippen molar-refractivity contribution in [1.82, 2.24) is 10.6 Å². The molecule has 0 aromatic heterocycles. The summed E-state index contributed by atoms with van der Waals surface area (Å²) < 4.78 is 0. The number of hydrogen-bond donors (Lipinski definition) is 3. The Morgan fingerprint density at radius 2 is 2.13 bits per heavy atom. The van der Waals surface area contributed by atoms with E-state index in [0.717, 1.165) is 12.8 Å². The fourth-order valence-corrected chi connectivity index (χ4v) is 2.82. The van der Waals surface area contributed by atoms with E-state index in [-0.39, 0.29) is 17.5 Å².